The predicted octanol–water partition coefficient (Wildman–Crippen LogP) is 5.05. The van der Waals surface area contributed by atoms with Gasteiger partial charge >= 0.3 is 0 Å². The second-order valence-corrected chi connectivity index (χ2v) is 7.08. The number of rotatable bonds is 6. The Morgan fingerprint density at radius 3 is 2.69 bits per heavy atom. The number of non-ortho nitro benzene ring substituents is 1. The number of hydrogen-bond donors (Lipinski definition) is 1. The van der Waals surface area contributed by atoms with Gasteiger partial charge in [0.05, 0.1) is 27.9 Å². The third-order valence-corrected chi connectivity index (χ3v) is 4.48. The van der Waals surface area contributed by atoms with Crippen LogP contribution in [-0.4, -0.2) is 20.6 Å². The largest absolute Gasteiger partial charge is 0.457 e. The first-order valence-electron chi connectivity index (χ1n) is 8.78. The van der Waals surface area contributed by atoms with Crippen LogP contribution in [0, 0.1) is 24.0 Å². The van der Waals surface area contributed by atoms with Gasteiger partial charge in [0, 0.05) is 18.3 Å². The average molecular weight is 415 g/mol. The van der Waals surface area contributed by atoms with Gasteiger partial charge in [0.25, 0.3) is 5.69 Å². The highest BCUT2D eigenvalue weighted by Gasteiger charge is 2.19. The first-order chi connectivity index (χ1) is 13.7. The molecule has 0 bridgehead atoms. The maximum absolute atomic E-state index is 12.5. The summed E-state index contributed by atoms with van der Waals surface area (Å²) in [7, 11) is 0. The molecule has 0 aliphatic rings. The van der Waals surface area contributed by atoms with E-state index in [1.54, 1.807) is 6.92 Å². The average Bonchev–Trinajstić information content (AvgIpc) is 3.10. The quantitative estimate of drug-likeness (QED) is 0.449. The van der Waals surface area contributed by atoms with Gasteiger partial charge in [-0.1, -0.05) is 23.7 Å². The monoisotopic (exact) mass is 414 g/mol. The van der Waals surface area contributed by atoms with Gasteiger partial charge in [-0.3, -0.25) is 19.6 Å². The van der Waals surface area contributed by atoms with E-state index in [9.17, 15) is 14.9 Å². The van der Waals surface area contributed by atoms with E-state index in [2.05, 4.69) is 10.4 Å². The number of aromatic nitrogens is 2. The minimum atomic E-state index is -0.662. The van der Waals surface area contributed by atoms with Gasteiger partial charge in [0.15, 0.2) is 0 Å². The van der Waals surface area contributed by atoms with Crippen LogP contribution < -0.4 is 10.1 Å². The Labute approximate surface area is 172 Å². The highest BCUT2D eigenvalue weighted by atomic mass is 35.5. The zero-order chi connectivity index (χ0) is 21.1. The van der Waals surface area contributed by atoms with E-state index >= 15 is 0 Å². The fourth-order valence-corrected chi connectivity index (χ4v) is 2.80. The van der Waals surface area contributed by atoms with Gasteiger partial charge in [0.1, 0.15) is 17.5 Å². The van der Waals surface area contributed by atoms with Crippen molar-refractivity contribution in [3.8, 4) is 11.5 Å². The molecule has 9 heteroatoms. The lowest BCUT2D eigenvalue weighted by Crippen LogP contribution is -2.24. The maximum atomic E-state index is 12.5. The van der Waals surface area contributed by atoms with Crippen LogP contribution in [0.25, 0.3) is 0 Å². The Bertz CT molecular complexity index is 1080. The number of carbonyl (C=O) groups is 1. The molecule has 1 amide bonds. The van der Waals surface area contributed by atoms with E-state index in [-0.39, 0.29) is 17.1 Å². The summed E-state index contributed by atoms with van der Waals surface area (Å²) in [5.41, 5.74) is 1.93. The van der Waals surface area contributed by atoms with Gasteiger partial charge in [-0.2, -0.15) is 5.10 Å². The summed E-state index contributed by atoms with van der Waals surface area (Å²) in [5, 5.41) is 18.4. The summed E-state index contributed by atoms with van der Waals surface area (Å²) in [4.78, 5) is 23.3. The topological polar surface area (TPSA) is 99.3 Å². The molecule has 0 aliphatic heterocycles. The number of carbonyl (C=O) groups excluding carboxylic acids is 1. The molecule has 3 rings (SSSR count). The minimum Gasteiger partial charge on any atom is -0.457 e. The molecule has 1 atom stereocenters. The summed E-state index contributed by atoms with van der Waals surface area (Å²) in [6.07, 6.45) is 2.95. The minimum absolute atomic E-state index is 0.196. The van der Waals surface area contributed by atoms with Crippen LogP contribution >= 0.6 is 11.6 Å². The van der Waals surface area contributed by atoms with Crippen molar-refractivity contribution in [1.29, 1.82) is 0 Å². The van der Waals surface area contributed by atoms with Crippen LogP contribution in [-0.2, 0) is 4.79 Å². The number of ether oxygens (including phenoxy) is 1. The number of nitro groups is 1. The van der Waals surface area contributed by atoms with E-state index in [1.165, 1.54) is 35.3 Å². The molecule has 1 heterocycles. The first-order valence-corrected chi connectivity index (χ1v) is 9.16. The Morgan fingerprint density at radius 2 is 2.03 bits per heavy atom. The molecular weight excluding hydrogens is 396 g/mol. The summed E-state index contributed by atoms with van der Waals surface area (Å²) >= 11 is 5.84. The maximum Gasteiger partial charge on any atom is 0.275 e. The number of nitro benzene ring substituents is 1. The summed E-state index contributed by atoms with van der Waals surface area (Å²) < 4.78 is 7.27. The molecule has 1 unspecified atom stereocenters. The lowest BCUT2D eigenvalue weighted by molar-refractivity contribution is -0.384. The van der Waals surface area contributed by atoms with Crippen molar-refractivity contribution < 1.29 is 14.5 Å². The number of amides is 1. The molecule has 2 aromatic carbocycles. The Hall–Kier alpha value is -3.39. The van der Waals surface area contributed by atoms with Crippen molar-refractivity contribution >= 4 is 28.9 Å². The van der Waals surface area contributed by atoms with E-state index in [1.807, 2.05) is 32.0 Å². The Kier molecular flexibility index (Phi) is 5.84. The van der Waals surface area contributed by atoms with Gasteiger partial charge in [0.2, 0.25) is 5.91 Å². The fourth-order valence-electron chi connectivity index (χ4n) is 2.66. The van der Waals surface area contributed by atoms with E-state index < -0.39 is 16.9 Å². The molecule has 0 saturated heterocycles. The van der Waals surface area contributed by atoms with Gasteiger partial charge in [-0.15, -0.1) is 0 Å². The zero-order valence-corrected chi connectivity index (χ0v) is 16.8. The number of aryl methyl sites for hydroxylation is 2. The smallest absolute Gasteiger partial charge is 0.275 e. The van der Waals surface area contributed by atoms with Crippen molar-refractivity contribution in [3.63, 3.8) is 0 Å². The molecule has 0 saturated carbocycles. The van der Waals surface area contributed by atoms with Crippen LogP contribution in [0.4, 0.5) is 11.4 Å². The normalized spacial score (nSPS) is 11.7. The third kappa shape index (κ3) is 4.91. The van der Waals surface area contributed by atoms with Crippen LogP contribution in [0.15, 0.2) is 48.8 Å². The van der Waals surface area contributed by atoms with Crippen molar-refractivity contribution in [1.82, 2.24) is 9.78 Å². The molecule has 0 aliphatic carbocycles. The Morgan fingerprint density at radius 1 is 1.28 bits per heavy atom. The Balaban J connectivity index is 1.87. The first kappa shape index (κ1) is 20.3. The van der Waals surface area contributed by atoms with E-state index in [0.717, 1.165) is 11.1 Å². The second-order valence-electron chi connectivity index (χ2n) is 6.65. The number of nitrogens with zero attached hydrogens (tertiary/aromatic N) is 3. The molecule has 0 spiro atoms. The van der Waals surface area contributed by atoms with Crippen molar-refractivity contribution in [2.24, 2.45) is 0 Å². The number of hydrogen-bond acceptors (Lipinski definition) is 5. The standard InChI is InChI=1S/C20H19ClN4O4/c1-12-4-5-13(2)19(6-12)29-18-8-16(7-17(9-18)25(27)28)23-20(26)14(3)24-11-15(21)10-22-24/h4-11,14H,1-3H3,(H,23,26). The summed E-state index contributed by atoms with van der Waals surface area (Å²) in [5.74, 6) is 0.434. The fraction of sp³-hybridized carbons (Fsp3) is 0.200. The molecule has 0 fully saturated rings. The molecule has 1 aromatic heterocycles. The van der Waals surface area contributed by atoms with Crippen LogP contribution in [0.5, 0.6) is 11.5 Å². The second kappa shape index (κ2) is 8.32. The van der Waals surface area contributed by atoms with Crippen molar-refractivity contribution in [3.05, 3.63) is 75.1 Å². The summed E-state index contributed by atoms with van der Waals surface area (Å²) in [6, 6.07) is 9.16. The highest BCUT2D eigenvalue weighted by Crippen LogP contribution is 2.32. The van der Waals surface area contributed by atoms with E-state index in [0.29, 0.717) is 10.8 Å². The molecule has 3 aromatic rings. The van der Waals surface area contributed by atoms with Gasteiger partial charge < -0.3 is 10.1 Å². The lowest BCUT2D eigenvalue weighted by atomic mass is 10.1. The van der Waals surface area contributed by atoms with Crippen molar-refractivity contribution in [2.75, 3.05) is 5.32 Å². The van der Waals surface area contributed by atoms with Gasteiger partial charge in [-0.05, 0) is 38.0 Å². The molecule has 8 nitrogen and oxygen atoms in total. The van der Waals surface area contributed by atoms with Crippen LogP contribution in [0.3, 0.4) is 0 Å². The predicted molar refractivity (Wildman–Crippen MR) is 110 cm³/mol. The van der Waals surface area contributed by atoms with Crippen LogP contribution in [0.1, 0.15) is 24.1 Å². The molecular formula is C20H19ClN4O4. The lowest BCUT2D eigenvalue weighted by Gasteiger charge is -2.14. The number of halogens is 1. The number of anilines is 1. The molecule has 150 valence electrons. The summed E-state index contributed by atoms with van der Waals surface area (Å²) in [6.45, 7) is 5.45. The number of benzene rings is 2. The SMILES string of the molecule is Cc1ccc(C)c(Oc2cc(NC(=O)C(C)n3cc(Cl)cn3)cc([N+](=O)[O-])c2)c1. The molecule has 1 N–H and O–H groups in total. The van der Waals surface area contributed by atoms with E-state index in [4.69, 9.17) is 16.3 Å². The van der Waals surface area contributed by atoms with Crippen molar-refractivity contribution in [2.45, 2.75) is 26.8 Å². The van der Waals surface area contributed by atoms with Crippen LogP contribution in [0.2, 0.25) is 5.02 Å². The highest BCUT2D eigenvalue weighted by molar-refractivity contribution is 6.30. The third-order valence-electron chi connectivity index (χ3n) is 4.29. The molecule has 29 heavy (non-hydrogen) atoms. The zero-order valence-electron chi connectivity index (χ0n) is 16.0. The molecule has 0 radical (unpaired) electrons. The number of nitrogens with one attached hydrogen (secondary N) is 1. The van der Waals surface area contributed by atoms with Gasteiger partial charge in [-0.25, -0.2) is 0 Å².